The average molecular weight is 399 g/mol. The number of hydrogen-bond acceptors (Lipinski definition) is 3. The molecule has 2 aromatic rings. The van der Waals surface area contributed by atoms with Crippen LogP contribution in [0.25, 0.3) is 5.57 Å². The molecule has 1 aliphatic carbocycles. The van der Waals surface area contributed by atoms with Gasteiger partial charge in [-0.15, -0.1) is 0 Å². The van der Waals surface area contributed by atoms with Gasteiger partial charge in [-0.05, 0) is 37.5 Å². The molecule has 25 heavy (non-hydrogen) atoms. The molecule has 0 N–H and O–H groups in total. The van der Waals surface area contributed by atoms with Gasteiger partial charge in [0.1, 0.15) is 11.2 Å². The van der Waals surface area contributed by atoms with Crippen molar-refractivity contribution in [2.45, 2.75) is 31.7 Å². The molecule has 2 aromatic carbocycles. The third kappa shape index (κ3) is 3.45. The maximum Gasteiger partial charge on any atom is 0.343 e. The number of halogens is 1. The van der Waals surface area contributed by atoms with E-state index in [1.807, 2.05) is 36.4 Å². The predicted octanol–water partition coefficient (Wildman–Crippen LogP) is 4.92. The predicted molar refractivity (Wildman–Crippen MR) is 102 cm³/mol. The van der Waals surface area contributed by atoms with Crippen molar-refractivity contribution >= 4 is 33.3 Å². The van der Waals surface area contributed by atoms with Crippen LogP contribution in [0.2, 0.25) is 0 Å². The van der Waals surface area contributed by atoms with Crippen LogP contribution in [0.1, 0.15) is 47.8 Å². The Hall–Kier alpha value is -2.20. The van der Waals surface area contributed by atoms with Gasteiger partial charge in [0.05, 0.1) is 0 Å². The molecule has 3 rings (SSSR count). The summed E-state index contributed by atoms with van der Waals surface area (Å²) in [5.41, 5.74) is 3.38. The van der Waals surface area contributed by atoms with E-state index in [9.17, 15) is 9.59 Å². The molecule has 0 aliphatic heterocycles. The molecule has 4 heteroatoms. The summed E-state index contributed by atoms with van der Waals surface area (Å²) in [5.74, 6) is -0.849. The van der Waals surface area contributed by atoms with E-state index in [0.717, 1.165) is 22.0 Å². The van der Waals surface area contributed by atoms with E-state index < -0.39 is 11.6 Å². The van der Waals surface area contributed by atoms with E-state index in [-0.39, 0.29) is 11.4 Å². The second-order valence-corrected chi connectivity index (χ2v) is 7.52. The summed E-state index contributed by atoms with van der Waals surface area (Å²) >= 11 is 3.43. The largest absolute Gasteiger partial charge is 0.456 e. The van der Waals surface area contributed by atoms with Crippen LogP contribution >= 0.6 is 15.9 Å². The van der Waals surface area contributed by atoms with Crippen LogP contribution in [-0.4, -0.2) is 17.4 Å². The number of ketones is 1. The molecule has 128 valence electrons. The van der Waals surface area contributed by atoms with Crippen molar-refractivity contribution < 1.29 is 14.3 Å². The Kier molecular flexibility index (Phi) is 4.65. The summed E-state index contributed by atoms with van der Waals surface area (Å²) < 4.78 is 5.49. The molecule has 3 nitrogen and oxygen atoms in total. The Bertz CT molecular complexity index is 871. The van der Waals surface area contributed by atoms with Crippen molar-refractivity contribution in [2.75, 3.05) is 0 Å². The highest BCUT2D eigenvalue weighted by atomic mass is 79.9. The smallest absolute Gasteiger partial charge is 0.343 e. The highest BCUT2D eigenvalue weighted by Crippen LogP contribution is 2.38. The van der Waals surface area contributed by atoms with Gasteiger partial charge in [-0.1, -0.05) is 64.5 Å². The second-order valence-electron chi connectivity index (χ2n) is 6.96. The molecule has 0 bridgehead atoms. The average Bonchev–Trinajstić information content (AvgIpc) is 2.87. The Balaban J connectivity index is 2.17. The lowest BCUT2D eigenvalue weighted by atomic mass is 9.96. The van der Waals surface area contributed by atoms with Crippen molar-refractivity contribution in [1.29, 1.82) is 0 Å². The number of hydrogen-bond donors (Lipinski definition) is 0. The highest BCUT2D eigenvalue weighted by molar-refractivity contribution is 9.08. The van der Waals surface area contributed by atoms with Gasteiger partial charge >= 0.3 is 5.97 Å². The number of Topliss-reactive ketones (excluding diaryl/α,β-unsaturated/α-hetero) is 1. The van der Waals surface area contributed by atoms with E-state index in [1.165, 1.54) is 0 Å². The van der Waals surface area contributed by atoms with Gasteiger partial charge < -0.3 is 4.74 Å². The third-order valence-electron chi connectivity index (χ3n) is 3.92. The lowest BCUT2D eigenvalue weighted by Gasteiger charge is -2.20. The van der Waals surface area contributed by atoms with Gasteiger partial charge in [0.2, 0.25) is 5.78 Å². The Morgan fingerprint density at radius 3 is 2.16 bits per heavy atom. The number of rotatable bonds is 3. The van der Waals surface area contributed by atoms with Crippen molar-refractivity contribution in [2.24, 2.45) is 0 Å². The van der Waals surface area contributed by atoms with Gasteiger partial charge in [-0.25, -0.2) is 4.79 Å². The zero-order valence-corrected chi connectivity index (χ0v) is 16.0. The molecule has 0 heterocycles. The second kappa shape index (κ2) is 6.60. The van der Waals surface area contributed by atoms with Crippen LogP contribution in [0.3, 0.4) is 0 Å². The van der Waals surface area contributed by atoms with Crippen LogP contribution in [0.4, 0.5) is 0 Å². The number of alkyl halides is 1. The van der Waals surface area contributed by atoms with Crippen LogP contribution in [0.15, 0.2) is 54.1 Å². The Morgan fingerprint density at radius 2 is 1.60 bits per heavy atom. The SMILES string of the molecule is CC(C)(C)OC(=O)C1=C(c2ccc(CBr)cc2)c2ccccc2C1=O. The fourth-order valence-corrected chi connectivity index (χ4v) is 3.24. The van der Waals surface area contributed by atoms with Crippen LogP contribution in [-0.2, 0) is 14.9 Å². The molecular formula is C21H19BrO3. The first kappa shape index (κ1) is 17.6. The van der Waals surface area contributed by atoms with E-state index in [1.54, 1.807) is 32.9 Å². The van der Waals surface area contributed by atoms with E-state index >= 15 is 0 Å². The fraction of sp³-hybridized carbons (Fsp3) is 0.238. The van der Waals surface area contributed by atoms with Gasteiger partial charge in [-0.3, -0.25) is 4.79 Å². The first-order valence-corrected chi connectivity index (χ1v) is 9.21. The molecular weight excluding hydrogens is 380 g/mol. The van der Waals surface area contributed by atoms with E-state index in [4.69, 9.17) is 4.74 Å². The number of esters is 1. The standard InChI is InChI=1S/C21H19BrO3/c1-21(2,3)25-20(24)18-17(14-10-8-13(12-22)9-11-14)15-6-4-5-7-16(15)19(18)23/h4-11H,12H2,1-3H3. The molecule has 0 spiro atoms. The summed E-state index contributed by atoms with van der Waals surface area (Å²) in [4.78, 5) is 25.6. The van der Waals surface area contributed by atoms with Crippen molar-refractivity contribution in [3.05, 3.63) is 76.4 Å². The number of fused-ring (bicyclic) bond motifs is 1. The first-order valence-electron chi connectivity index (χ1n) is 8.09. The molecule has 0 radical (unpaired) electrons. The van der Waals surface area contributed by atoms with Gasteiger partial charge in [-0.2, -0.15) is 0 Å². The van der Waals surface area contributed by atoms with E-state index in [0.29, 0.717) is 11.1 Å². The molecule has 0 fully saturated rings. The topological polar surface area (TPSA) is 43.4 Å². The molecule has 0 saturated carbocycles. The highest BCUT2D eigenvalue weighted by Gasteiger charge is 2.36. The summed E-state index contributed by atoms with van der Waals surface area (Å²) in [6, 6.07) is 15.1. The Labute approximate surface area is 155 Å². The zero-order valence-electron chi connectivity index (χ0n) is 14.4. The normalized spacial score (nSPS) is 13.8. The van der Waals surface area contributed by atoms with Crippen molar-refractivity contribution in [3.8, 4) is 0 Å². The lowest BCUT2D eigenvalue weighted by Crippen LogP contribution is -2.26. The number of ether oxygens (including phenoxy) is 1. The quantitative estimate of drug-likeness (QED) is 0.418. The van der Waals surface area contributed by atoms with Crippen LogP contribution in [0.5, 0.6) is 0 Å². The maximum atomic E-state index is 12.9. The van der Waals surface area contributed by atoms with Gasteiger partial charge in [0.15, 0.2) is 0 Å². The molecule has 0 amide bonds. The summed E-state index contributed by atoms with van der Waals surface area (Å²) in [6.07, 6.45) is 0. The lowest BCUT2D eigenvalue weighted by molar-refractivity contribution is -0.149. The van der Waals surface area contributed by atoms with Gasteiger partial charge in [0, 0.05) is 16.5 Å². The number of carbonyl (C=O) groups excluding carboxylic acids is 2. The number of carbonyl (C=O) groups is 2. The van der Waals surface area contributed by atoms with E-state index in [2.05, 4.69) is 15.9 Å². The zero-order chi connectivity index (χ0) is 18.2. The third-order valence-corrected chi connectivity index (χ3v) is 4.57. The first-order chi connectivity index (χ1) is 11.8. The minimum Gasteiger partial charge on any atom is -0.456 e. The monoisotopic (exact) mass is 398 g/mol. The van der Waals surface area contributed by atoms with Crippen molar-refractivity contribution in [3.63, 3.8) is 0 Å². The summed E-state index contributed by atoms with van der Waals surface area (Å²) in [5, 5.41) is 0.751. The maximum absolute atomic E-state index is 12.9. The minimum atomic E-state index is -0.663. The molecule has 0 atom stereocenters. The molecule has 0 aromatic heterocycles. The molecule has 0 unspecified atom stereocenters. The molecule has 0 saturated heterocycles. The van der Waals surface area contributed by atoms with Crippen molar-refractivity contribution in [1.82, 2.24) is 0 Å². The summed E-state index contributed by atoms with van der Waals surface area (Å²) in [7, 11) is 0. The van der Waals surface area contributed by atoms with Crippen LogP contribution in [0, 0.1) is 0 Å². The Morgan fingerprint density at radius 1 is 1.00 bits per heavy atom. The van der Waals surface area contributed by atoms with Crippen LogP contribution < -0.4 is 0 Å². The molecule has 1 aliphatic rings. The minimum absolute atomic E-state index is 0.114. The number of benzene rings is 2. The fourth-order valence-electron chi connectivity index (χ4n) is 2.87. The summed E-state index contributed by atoms with van der Waals surface area (Å²) in [6.45, 7) is 5.38. The van der Waals surface area contributed by atoms with Gasteiger partial charge in [0.25, 0.3) is 0 Å².